The fourth-order valence-corrected chi connectivity index (χ4v) is 9.99. The minimum atomic E-state index is -3.14. The molecule has 12 nitrogen and oxygen atoms in total. The number of hydrogen-bond donors (Lipinski definition) is 2. The number of aromatic nitrogens is 1. The summed E-state index contributed by atoms with van der Waals surface area (Å²) in [6.07, 6.45) is 7.74. The molecule has 2 fully saturated rings. The van der Waals surface area contributed by atoms with Crippen LogP contribution >= 0.6 is 23.1 Å². The monoisotopic (exact) mass is 1090 g/mol. The molecule has 2 unspecified atom stereocenters. The summed E-state index contributed by atoms with van der Waals surface area (Å²) in [5, 5.41) is 6.83. The third-order valence-electron chi connectivity index (χ3n) is 11.1. The van der Waals surface area contributed by atoms with Gasteiger partial charge in [-0.2, -0.15) is 11.8 Å². The van der Waals surface area contributed by atoms with Gasteiger partial charge in [-0.25, -0.2) is 13.4 Å². The molecule has 2 N–H and O–H groups in total. The van der Waals surface area contributed by atoms with Crippen LogP contribution in [0.4, 0.5) is 0 Å². The number of morpholine rings is 1. The molecular weight excluding hydrogens is 999 g/mol. The van der Waals surface area contributed by atoms with E-state index in [1.54, 1.807) is 50.8 Å². The third kappa shape index (κ3) is 32.2. The highest BCUT2D eigenvalue weighted by Crippen LogP contribution is 2.28. The Hall–Kier alpha value is -5.03. The Morgan fingerprint density at radius 3 is 1.48 bits per heavy atom. The van der Waals surface area contributed by atoms with Crippen LogP contribution in [0.2, 0.25) is 0 Å². The van der Waals surface area contributed by atoms with Crippen molar-refractivity contribution in [2.75, 3.05) is 63.4 Å². The van der Waals surface area contributed by atoms with Gasteiger partial charge in [-0.1, -0.05) is 119 Å². The van der Waals surface area contributed by atoms with E-state index in [2.05, 4.69) is 113 Å². The molecule has 0 spiro atoms. The maximum atomic E-state index is 11.0. The van der Waals surface area contributed by atoms with E-state index in [4.69, 9.17) is 4.74 Å². The quantitative estimate of drug-likeness (QED) is 0.0761. The van der Waals surface area contributed by atoms with Gasteiger partial charge in [0.25, 0.3) is 0 Å². The van der Waals surface area contributed by atoms with Gasteiger partial charge in [0.05, 0.1) is 36.7 Å². The molecule has 0 amide bonds. The molecule has 4 aromatic rings. The number of nitrogens with one attached hydrogen (secondary N) is 2. The molecule has 3 heterocycles. The first-order chi connectivity index (χ1) is 34.4. The molecule has 75 heavy (non-hydrogen) atoms. The van der Waals surface area contributed by atoms with Crippen molar-refractivity contribution in [2.24, 2.45) is 0 Å². The number of carbonyl (C=O) groups is 4. The molecular formula is C60H91N5O7S3. The smallest absolute Gasteiger partial charge is 0.152 e. The molecule has 2 saturated heterocycles. The number of likely N-dealkylation sites (tertiary alicyclic amines) is 1. The van der Waals surface area contributed by atoms with Crippen LogP contribution in [-0.4, -0.2) is 122 Å². The molecule has 15 heteroatoms. The lowest BCUT2D eigenvalue weighted by Crippen LogP contribution is -2.39. The average Bonchev–Trinajstić information content (AvgIpc) is 3.96. The number of ether oxygens (including phenoxy) is 1. The Morgan fingerprint density at radius 1 is 0.667 bits per heavy atom. The molecule has 1 aromatic heterocycles. The number of nitrogens with zero attached hydrogens (tertiary/aromatic N) is 3. The maximum absolute atomic E-state index is 11.0. The molecule has 6 rings (SSSR count). The fourth-order valence-electron chi connectivity index (χ4n) is 7.48. The predicted molar refractivity (Wildman–Crippen MR) is 319 cm³/mol. The molecule has 0 saturated carbocycles. The second-order valence-electron chi connectivity index (χ2n) is 19.0. The van der Waals surface area contributed by atoms with Crippen molar-refractivity contribution in [3.05, 3.63) is 148 Å². The Bertz CT molecular complexity index is 2460. The SMILES string of the molecule is C.C.C=C(C)Cc1nc(-c2ccccc2)sc1C.C=C(C)NC(CS(C)(=O)=O)C(C)=O.C=C(C)NC(CSC)C(C)=O.CC(=O)Cc1ccc(CN2CCCC2)cc1.CC(=O)Cc1ccc(CN2CCOCC2)cc1. The first-order valence-electron chi connectivity index (χ1n) is 24.8. The molecule has 0 bridgehead atoms. The van der Waals surface area contributed by atoms with Gasteiger partial charge in [-0.05, 0) is 110 Å². The molecule has 416 valence electrons. The molecule has 3 aromatic carbocycles. The Labute approximate surface area is 461 Å². The summed E-state index contributed by atoms with van der Waals surface area (Å²) in [6.45, 7) is 33.3. The minimum Gasteiger partial charge on any atom is -0.379 e. The summed E-state index contributed by atoms with van der Waals surface area (Å²) in [5.41, 5.74) is 9.84. The van der Waals surface area contributed by atoms with Gasteiger partial charge in [0.2, 0.25) is 0 Å². The molecule has 2 aliphatic heterocycles. The maximum Gasteiger partial charge on any atom is 0.152 e. The number of thioether (sulfide) groups is 1. The minimum absolute atomic E-state index is 0. The summed E-state index contributed by atoms with van der Waals surface area (Å²) < 4.78 is 27.1. The van der Waals surface area contributed by atoms with Crippen LogP contribution in [0.5, 0.6) is 0 Å². The summed E-state index contributed by atoms with van der Waals surface area (Å²) in [5.74, 6) is 1.03. The number of aryl methyl sites for hydroxylation is 1. The van der Waals surface area contributed by atoms with E-state index in [1.807, 2.05) is 38.3 Å². The van der Waals surface area contributed by atoms with Gasteiger partial charge in [-0.3, -0.25) is 29.0 Å². The lowest BCUT2D eigenvalue weighted by Gasteiger charge is -2.26. The number of allylic oxidation sites excluding steroid dienone is 3. The van der Waals surface area contributed by atoms with Gasteiger partial charge < -0.3 is 15.4 Å². The van der Waals surface area contributed by atoms with Crippen molar-refractivity contribution < 1.29 is 32.3 Å². The van der Waals surface area contributed by atoms with Crippen LogP contribution in [0.3, 0.4) is 0 Å². The number of benzene rings is 3. The summed E-state index contributed by atoms with van der Waals surface area (Å²) in [7, 11) is -3.14. The van der Waals surface area contributed by atoms with Crippen LogP contribution in [0.25, 0.3) is 10.6 Å². The number of Topliss-reactive ketones (excluding diaryl/α,β-unsaturated/α-hetero) is 4. The lowest BCUT2D eigenvalue weighted by atomic mass is 10.1. The van der Waals surface area contributed by atoms with Crippen molar-refractivity contribution in [1.82, 2.24) is 25.4 Å². The van der Waals surface area contributed by atoms with Crippen molar-refractivity contribution in [2.45, 2.75) is 128 Å². The molecule has 0 aliphatic carbocycles. The van der Waals surface area contributed by atoms with Crippen molar-refractivity contribution >= 4 is 56.1 Å². The number of thiazole rings is 1. The summed E-state index contributed by atoms with van der Waals surface area (Å²) in [6, 6.07) is 26.4. The van der Waals surface area contributed by atoms with E-state index in [1.165, 1.54) is 54.4 Å². The highest BCUT2D eigenvalue weighted by molar-refractivity contribution is 7.98. The van der Waals surface area contributed by atoms with Crippen molar-refractivity contribution in [3.8, 4) is 10.6 Å². The lowest BCUT2D eigenvalue weighted by molar-refractivity contribution is -0.119. The molecule has 0 radical (unpaired) electrons. The van der Waals surface area contributed by atoms with E-state index >= 15 is 0 Å². The highest BCUT2D eigenvalue weighted by Gasteiger charge is 2.19. The average molecular weight is 1090 g/mol. The highest BCUT2D eigenvalue weighted by atomic mass is 32.2. The number of carbonyl (C=O) groups excluding carboxylic acids is 4. The van der Waals surface area contributed by atoms with Crippen LogP contribution in [0.15, 0.2) is 116 Å². The first-order valence-corrected chi connectivity index (χ1v) is 29.1. The third-order valence-corrected chi connectivity index (χ3v) is 13.7. The van der Waals surface area contributed by atoms with E-state index in [9.17, 15) is 27.6 Å². The topological polar surface area (TPSA) is 155 Å². The standard InChI is InChI=1S/C14H19NO2.C14H19NO.C14H15NS.C8H15NO3S.C8H15NOS.2CH4/c1-12(16)10-13-2-4-14(5-3-13)11-15-6-8-17-9-7-15;1-12(16)10-13-4-6-14(7-5-13)11-15-8-2-3-9-15;1-10(2)9-13-11(3)16-14(15-13)12-7-5-4-6-8-12;1-6(2)9-8(7(3)10)5-13(4,11)12;1-6(2)9-8(5-11-4)7(3)10;;/h2-5H,6-11H2,1H3;4-7H,2-3,8-11H2,1H3;4-8H,1,9H2,2-3H3;8-9H,1,5H2,2-4H3;8-9H,1,5H2,2-4H3;2*1H4. The van der Waals surface area contributed by atoms with Gasteiger partial charge in [0.15, 0.2) is 11.6 Å². The van der Waals surface area contributed by atoms with E-state index in [-0.39, 0.29) is 49.8 Å². The first kappa shape index (κ1) is 70.0. The van der Waals surface area contributed by atoms with Gasteiger partial charge in [0, 0.05) is 79.3 Å². The predicted octanol–water partition coefficient (Wildman–Crippen LogP) is 11.1. The second-order valence-corrected chi connectivity index (χ2v) is 23.3. The van der Waals surface area contributed by atoms with Crippen LogP contribution in [0.1, 0.15) is 109 Å². The van der Waals surface area contributed by atoms with Gasteiger partial charge >= 0.3 is 0 Å². The van der Waals surface area contributed by atoms with Crippen LogP contribution in [-0.2, 0) is 66.1 Å². The van der Waals surface area contributed by atoms with Crippen molar-refractivity contribution in [3.63, 3.8) is 0 Å². The van der Waals surface area contributed by atoms with E-state index < -0.39 is 15.9 Å². The molecule has 2 aliphatic rings. The fraction of sp³-hybridized carbons (Fsp3) is 0.483. The Morgan fingerprint density at radius 2 is 1.09 bits per heavy atom. The van der Waals surface area contributed by atoms with Crippen LogP contribution in [0, 0.1) is 6.92 Å². The van der Waals surface area contributed by atoms with E-state index in [0.29, 0.717) is 18.5 Å². The van der Waals surface area contributed by atoms with Gasteiger partial charge in [0.1, 0.15) is 26.4 Å². The number of rotatable bonds is 21. The zero-order valence-corrected chi connectivity index (χ0v) is 47.8. The Balaban J connectivity index is 0.000000915. The number of sulfone groups is 1. The van der Waals surface area contributed by atoms with Crippen LogP contribution < -0.4 is 10.6 Å². The van der Waals surface area contributed by atoms with Crippen molar-refractivity contribution in [1.29, 1.82) is 0 Å². The number of hydrogen-bond acceptors (Lipinski definition) is 14. The zero-order chi connectivity index (χ0) is 54.5. The Kier molecular flexibility index (Phi) is 35.1. The largest absolute Gasteiger partial charge is 0.379 e. The molecule has 2 atom stereocenters. The zero-order valence-electron chi connectivity index (χ0n) is 45.3. The normalized spacial score (nSPS) is 13.7. The number of ketones is 4. The van der Waals surface area contributed by atoms with E-state index in [0.717, 1.165) is 90.9 Å². The summed E-state index contributed by atoms with van der Waals surface area (Å²) in [4.78, 5) is 54.8. The van der Waals surface area contributed by atoms with Gasteiger partial charge in [-0.15, -0.1) is 11.3 Å². The summed E-state index contributed by atoms with van der Waals surface area (Å²) >= 11 is 3.41. The second kappa shape index (κ2) is 37.7.